The molecule has 0 radical (unpaired) electrons. The number of pyridine rings is 1. The summed E-state index contributed by atoms with van der Waals surface area (Å²) in [7, 11) is 0. The van der Waals surface area contributed by atoms with E-state index in [1.165, 1.54) is 0 Å². The molecule has 5 heterocycles. The van der Waals surface area contributed by atoms with Crippen LogP contribution < -0.4 is 5.32 Å². The van der Waals surface area contributed by atoms with Crippen LogP contribution in [0.5, 0.6) is 0 Å². The van der Waals surface area contributed by atoms with Crippen LogP contribution in [0.15, 0.2) is 67.1 Å². The number of nitrogens with zero attached hydrogens (tertiary/aromatic N) is 5. The van der Waals surface area contributed by atoms with Gasteiger partial charge in [0.25, 0.3) is 11.8 Å². The van der Waals surface area contributed by atoms with Crippen molar-refractivity contribution in [3.05, 3.63) is 78.5 Å². The number of carbonyl (C=O) groups is 3. The Balaban J connectivity index is 0.00000357. The zero-order valence-corrected chi connectivity index (χ0v) is 25.4. The van der Waals surface area contributed by atoms with Gasteiger partial charge in [-0.1, -0.05) is 59.7 Å². The highest BCUT2D eigenvalue weighted by Gasteiger charge is 2.81. The molecular weight excluding hydrogens is 566 g/mol. The van der Waals surface area contributed by atoms with Gasteiger partial charge in [-0.25, -0.2) is 9.97 Å². The smallest absolute Gasteiger partial charge is 0.272 e. The number of para-hydroxylation sites is 1. The summed E-state index contributed by atoms with van der Waals surface area (Å²) in [6, 6.07) is 14.1. The van der Waals surface area contributed by atoms with Crippen LogP contribution in [0.25, 0.3) is 22.3 Å². The molecule has 1 aliphatic carbocycles. The Morgan fingerprint density at radius 3 is 2.51 bits per heavy atom. The third-order valence-electron chi connectivity index (χ3n) is 10.3. The highest BCUT2D eigenvalue weighted by Crippen LogP contribution is 2.67. The second-order valence-electron chi connectivity index (χ2n) is 13.1. The van der Waals surface area contributed by atoms with Crippen LogP contribution in [0.1, 0.15) is 68.9 Å². The van der Waals surface area contributed by atoms with Crippen LogP contribution in [-0.4, -0.2) is 78.2 Å². The van der Waals surface area contributed by atoms with E-state index in [-0.39, 0.29) is 43.0 Å². The summed E-state index contributed by atoms with van der Waals surface area (Å²) in [6.07, 6.45) is 6.63. The number of H-pyrrole nitrogens is 1. The van der Waals surface area contributed by atoms with Crippen molar-refractivity contribution in [2.75, 3.05) is 13.1 Å². The fourth-order valence-corrected chi connectivity index (χ4v) is 7.89. The number of aromatic nitrogens is 4. The van der Waals surface area contributed by atoms with Crippen LogP contribution in [0.4, 0.5) is 0 Å². The molecule has 234 valence electrons. The Morgan fingerprint density at radius 2 is 1.82 bits per heavy atom. The summed E-state index contributed by atoms with van der Waals surface area (Å²) in [4.78, 5) is 61.6. The number of likely N-dealkylation sites (tertiary alicyclic amines) is 2. The Labute approximate surface area is 263 Å². The molecule has 5 atom stereocenters. The molecule has 1 saturated carbocycles. The highest BCUT2D eigenvalue weighted by atomic mass is 16.2. The van der Waals surface area contributed by atoms with Gasteiger partial charge >= 0.3 is 0 Å². The fraction of sp³-hybridized carbons (Fsp3) is 0.429. The molecule has 45 heavy (non-hydrogen) atoms. The van der Waals surface area contributed by atoms with E-state index < -0.39 is 17.0 Å². The van der Waals surface area contributed by atoms with Crippen LogP contribution in [0.2, 0.25) is 0 Å². The van der Waals surface area contributed by atoms with Crippen molar-refractivity contribution in [3.8, 4) is 11.4 Å². The number of fused-ring (bicyclic) bond motifs is 1. The normalized spacial score (nSPS) is 23.8. The molecule has 3 aromatic heterocycles. The van der Waals surface area contributed by atoms with E-state index in [2.05, 4.69) is 39.1 Å². The standard InChI is InChI=1S/C34H37N7O3.CH4/c1-5-13-33(3,4)28(39-30(42)26-16-21-9-6-7-10-24(21)38-26)32(44)41-19-27-34(41)20(2)23(34)18-40(27)31(43)25-12-11-22(17-37-25)29-35-14-8-15-36-29;/h6-12,14-17,20,23,27-28,38H,5,13,18-19H2,1-4H3,(H,39,42);1H4. The largest absolute Gasteiger partial charge is 0.351 e. The van der Waals surface area contributed by atoms with Crippen molar-refractivity contribution >= 4 is 28.6 Å². The molecule has 0 bridgehead atoms. The Kier molecular flexibility index (Phi) is 7.49. The number of hydrogen-bond donors (Lipinski definition) is 2. The van der Waals surface area contributed by atoms with Crippen molar-refractivity contribution in [1.82, 2.24) is 35.1 Å². The Hall–Kier alpha value is -4.60. The zero-order chi connectivity index (χ0) is 30.8. The predicted octanol–water partition coefficient (Wildman–Crippen LogP) is 4.95. The minimum absolute atomic E-state index is 0. The number of amides is 3. The maximum atomic E-state index is 14.4. The second kappa shape index (κ2) is 11.1. The topological polar surface area (TPSA) is 124 Å². The van der Waals surface area contributed by atoms with Gasteiger partial charge in [0.1, 0.15) is 17.4 Å². The molecular formula is C35H41N7O3. The minimum Gasteiger partial charge on any atom is -0.351 e. The monoisotopic (exact) mass is 607 g/mol. The van der Waals surface area contributed by atoms with Gasteiger partial charge < -0.3 is 20.1 Å². The fourth-order valence-electron chi connectivity index (χ4n) is 7.89. The molecule has 5 unspecified atom stereocenters. The second-order valence-corrected chi connectivity index (χ2v) is 13.1. The number of carbonyl (C=O) groups excluding carboxylic acids is 3. The zero-order valence-electron chi connectivity index (χ0n) is 25.4. The average molecular weight is 608 g/mol. The molecule has 1 spiro atoms. The van der Waals surface area contributed by atoms with Crippen molar-refractivity contribution in [1.29, 1.82) is 0 Å². The third kappa shape index (κ3) is 4.69. The van der Waals surface area contributed by atoms with E-state index in [9.17, 15) is 14.4 Å². The van der Waals surface area contributed by atoms with Gasteiger partial charge in [0.15, 0.2) is 5.82 Å². The van der Waals surface area contributed by atoms with Crippen LogP contribution in [0, 0.1) is 17.3 Å². The van der Waals surface area contributed by atoms with E-state index in [0.717, 1.165) is 29.3 Å². The Morgan fingerprint density at radius 1 is 1.07 bits per heavy atom. The van der Waals surface area contributed by atoms with Gasteiger partial charge in [0, 0.05) is 54.1 Å². The number of nitrogens with one attached hydrogen (secondary N) is 2. The molecule has 3 fully saturated rings. The molecule has 7 rings (SSSR count). The number of rotatable bonds is 8. The molecule has 2 N–H and O–H groups in total. The van der Waals surface area contributed by atoms with Crippen LogP contribution in [-0.2, 0) is 4.79 Å². The first-order valence-corrected chi connectivity index (χ1v) is 15.4. The number of hydrogen-bond acceptors (Lipinski definition) is 6. The molecule has 2 aliphatic heterocycles. The molecule has 10 heteroatoms. The van der Waals surface area contributed by atoms with E-state index in [0.29, 0.717) is 30.3 Å². The molecule has 1 aromatic carbocycles. The summed E-state index contributed by atoms with van der Waals surface area (Å²) in [5.41, 5.74) is 1.56. The SMILES string of the molecule is C.CCCC(C)(C)C(NC(=O)c1cc2ccccc2[nH]1)C(=O)N1CC2N(C(=O)c3ccc(-c4ncccn4)cn3)CC3C(C)C321. The van der Waals surface area contributed by atoms with Gasteiger partial charge in [-0.2, -0.15) is 0 Å². The van der Waals surface area contributed by atoms with Crippen molar-refractivity contribution in [2.45, 2.75) is 65.6 Å². The van der Waals surface area contributed by atoms with E-state index in [1.54, 1.807) is 30.7 Å². The number of piperidine rings is 1. The highest BCUT2D eigenvalue weighted by molar-refractivity contribution is 6.01. The van der Waals surface area contributed by atoms with Crippen molar-refractivity contribution < 1.29 is 14.4 Å². The van der Waals surface area contributed by atoms with Gasteiger partial charge in [0.2, 0.25) is 5.91 Å². The third-order valence-corrected chi connectivity index (χ3v) is 10.3. The summed E-state index contributed by atoms with van der Waals surface area (Å²) >= 11 is 0. The average Bonchev–Trinajstić information content (AvgIpc) is 3.30. The van der Waals surface area contributed by atoms with Crippen molar-refractivity contribution in [2.24, 2.45) is 17.3 Å². The Bertz CT molecular complexity index is 1720. The molecule has 2 saturated heterocycles. The summed E-state index contributed by atoms with van der Waals surface area (Å²) in [5.74, 6) is 0.538. The lowest BCUT2D eigenvalue weighted by Crippen LogP contribution is -2.72. The summed E-state index contributed by atoms with van der Waals surface area (Å²) < 4.78 is 0. The lowest BCUT2D eigenvalue weighted by molar-refractivity contribution is -0.151. The van der Waals surface area contributed by atoms with E-state index in [1.807, 2.05) is 60.0 Å². The molecule has 3 aliphatic rings. The van der Waals surface area contributed by atoms with Gasteiger partial charge in [-0.15, -0.1) is 0 Å². The van der Waals surface area contributed by atoms with Gasteiger partial charge in [0.05, 0.1) is 11.6 Å². The quantitative estimate of drug-likeness (QED) is 0.292. The predicted molar refractivity (Wildman–Crippen MR) is 172 cm³/mol. The lowest BCUT2D eigenvalue weighted by Gasteiger charge is -2.53. The van der Waals surface area contributed by atoms with Crippen molar-refractivity contribution in [3.63, 3.8) is 0 Å². The maximum absolute atomic E-state index is 14.4. The first-order chi connectivity index (χ1) is 21.2. The van der Waals surface area contributed by atoms with E-state index in [4.69, 9.17) is 0 Å². The molecule has 10 nitrogen and oxygen atoms in total. The van der Waals surface area contributed by atoms with E-state index >= 15 is 0 Å². The number of aromatic amines is 1. The first-order valence-electron chi connectivity index (χ1n) is 15.4. The number of benzene rings is 1. The maximum Gasteiger partial charge on any atom is 0.272 e. The summed E-state index contributed by atoms with van der Waals surface area (Å²) in [6.45, 7) is 9.39. The van der Waals surface area contributed by atoms with Gasteiger partial charge in [-0.3, -0.25) is 19.4 Å². The molecule has 3 amide bonds. The van der Waals surface area contributed by atoms with Crippen LogP contribution >= 0.6 is 0 Å². The lowest BCUT2D eigenvalue weighted by atomic mass is 9.77. The molecule has 4 aromatic rings. The van der Waals surface area contributed by atoms with Crippen LogP contribution in [0.3, 0.4) is 0 Å². The minimum atomic E-state index is -0.704. The first kappa shape index (κ1) is 30.4. The summed E-state index contributed by atoms with van der Waals surface area (Å²) in [5, 5.41) is 4.06. The van der Waals surface area contributed by atoms with Gasteiger partial charge in [-0.05, 0) is 48.1 Å².